The fraction of sp³-hybridized carbons (Fsp3) is 0.435. The van der Waals surface area contributed by atoms with Crippen molar-refractivity contribution in [3.05, 3.63) is 47.7 Å². The molecule has 0 aliphatic carbocycles. The molecule has 1 saturated heterocycles. The zero-order chi connectivity index (χ0) is 24.6. The highest BCUT2D eigenvalue weighted by molar-refractivity contribution is 6.13. The SMILES string of the molecule is COC(=O)C(=CCCC1C(=O)CN(C(=O)OCc2ccccc2)C1=O)NC(=O)OC(C)(C)C. The molecule has 1 heterocycles. The van der Waals surface area contributed by atoms with E-state index in [1.54, 1.807) is 45.0 Å². The summed E-state index contributed by atoms with van der Waals surface area (Å²) in [5, 5.41) is 2.30. The smallest absolute Gasteiger partial charge is 0.417 e. The number of likely N-dealkylation sites (tertiary alicyclic amines) is 1. The molecule has 0 spiro atoms. The molecule has 0 aromatic heterocycles. The highest BCUT2D eigenvalue weighted by atomic mass is 16.6. The molecule has 1 aliphatic rings. The minimum atomic E-state index is -1.05. The van der Waals surface area contributed by atoms with Crippen LogP contribution in [0.15, 0.2) is 42.1 Å². The Balaban J connectivity index is 1.95. The molecule has 10 heteroatoms. The normalized spacial score (nSPS) is 16.4. The highest BCUT2D eigenvalue weighted by Crippen LogP contribution is 2.21. The number of amides is 3. The van der Waals surface area contributed by atoms with Gasteiger partial charge in [-0.15, -0.1) is 0 Å². The van der Waals surface area contributed by atoms with Crippen LogP contribution in [0, 0.1) is 5.92 Å². The molecule has 3 amide bonds. The van der Waals surface area contributed by atoms with Crippen LogP contribution in [-0.4, -0.2) is 54.0 Å². The number of nitrogens with one attached hydrogen (secondary N) is 1. The summed E-state index contributed by atoms with van der Waals surface area (Å²) >= 11 is 0. The summed E-state index contributed by atoms with van der Waals surface area (Å²) in [4.78, 5) is 61.8. The van der Waals surface area contributed by atoms with E-state index >= 15 is 0 Å². The van der Waals surface area contributed by atoms with E-state index in [9.17, 15) is 24.0 Å². The van der Waals surface area contributed by atoms with Crippen molar-refractivity contribution >= 4 is 29.8 Å². The lowest BCUT2D eigenvalue weighted by Crippen LogP contribution is -2.34. The van der Waals surface area contributed by atoms with Crippen molar-refractivity contribution in [1.29, 1.82) is 0 Å². The number of imide groups is 1. The summed E-state index contributed by atoms with van der Waals surface area (Å²) in [7, 11) is 1.15. The van der Waals surface area contributed by atoms with Crippen molar-refractivity contribution < 1.29 is 38.2 Å². The van der Waals surface area contributed by atoms with Crippen LogP contribution >= 0.6 is 0 Å². The summed E-state index contributed by atoms with van der Waals surface area (Å²) < 4.78 is 14.9. The van der Waals surface area contributed by atoms with Gasteiger partial charge in [0.2, 0.25) is 5.91 Å². The molecule has 0 saturated carbocycles. The maximum absolute atomic E-state index is 12.6. The second-order valence-electron chi connectivity index (χ2n) is 8.30. The minimum Gasteiger partial charge on any atom is -0.464 e. The van der Waals surface area contributed by atoms with Crippen LogP contribution in [0.5, 0.6) is 0 Å². The van der Waals surface area contributed by atoms with Gasteiger partial charge in [-0.1, -0.05) is 36.4 Å². The van der Waals surface area contributed by atoms with Crippen LogP contribution in [0.4, 0.5) is 9.59 Å². The summed E-state index contributed by atoms with van der Waals surface area (Å²) in [6.45, 7) is 4.61. The van der Waals surface area contributed by atoms with Crippen molar-refractivity contribution in [2.75, 3.05) is 13.7 Å². The zero-order valence-electron chi connectivity index (χ0n) is 19.1. The third kappa shape index (κ3) is 7.74. The Morgan fingerprint density at radius 3 is 2.42 bits per heavy atom. The van der Waals surface area contributed by atoms with E-state index in [1.165, 1.54) is 6.08 Å². The Kier molecular flexibility index (Phi) is 8.72. The number of allylic oxidation sites excluding steroid dienone is 1. The molecule has 33 heavy (non-hydrogen) atoms. The number of rotatable bonds is 7. The Bertz CT molecular complexity index is 934. The van der Waals surface area contributed by atoms with Gasteiger partial charge in [-0.25, -0.2) is 19.3 Å². The van der Waals surface area contributed by atoms with E-state index < -0.39 is 41.4 Å². The van der Waals surface area contributed by atoms with Gasteiger partial charge >= 0.3 is 18.2 Å². The number of ketones is 1. The molecule has 10 nitrogen and oxygen atoms in total. The predicted octanol–water partition coefficient (Wildman–Crippen LogP) is 2.71. The number of nitrogens with zero attached hydrogens (tertiary/aromatic N) is 1. The average Bonchev–Trinajstić information content (AvgIpc) is 3.04. The summed E-state index contributed by atoms with van der Waals surface area (Å²) in [5.41, 5.74) is -0.200. The lowest BCUT2D eigenvalue weighted by Gasteiger charge is -2.20. The summed E-state index contributed by atoms with van der Waals surface area (Å²) in [6.07, 6.45) is -0.268. The third-order valence-electron chi connectivity index (χ3n) is 4.54. The van der Waals surface area contributed by atoms with Gasteiger partial charge in [0.05, 0.1) is 19.6 Å². The van der Waals surface area contributed by atoms with E-state index in [4.69, 9.17) is 9.47 Å². The first-order valence-corrected chi connectivity index (χ1v) is 10.3. The molecule has 1 N–H and O–H groups in total. The van der Waals surface area contributed by atoms with Crippen LogP contribution in [-0.2, 0) is 35.2 Å². The van der Waals surface area contributed by atoms with Crippen molar-refractivity contribution in [1.82, 2.24) is 10.2 Å². The van der Waals surface area contributed by atoms with Crippen LogP contribution in [0.25, 0.3) is 0 Å². The second kappa shape index (κ2) is 11.3. The molecule has 178 valence electrons. The minimum absolute atomic E-state index is 0.0239. The Morgan fingerprint density at radius 2 is 1.82 bits per heavy atom. The monoisotopic (exact) mass is 460 g/mol. The lowest BCUT2D eigenvalue weighted by atomic mass is 10.0. The molecule has 0 bridgehead atoms. The molecular formula is C23H28N2O8. The molecular weight excluding hydrogens is 432 g/mol. The molecule has 1 atom stereocenters. The van der Waals surface area contributed by atoms with Crippen molar-refractivity contribution in [2.45, 2.75) is 45.8 Å². The van der Waals surface area contributed by atoms with Gasteiger partial charge in [0.25, 0.3) is 0 Å². The van der Waals surface area contributed by atoms with Gasteiger partial charge in [0, 0.05) is 0 Å². The largest absolute Gasteiger partial charge is 0.464 e. The molecule has 1 aliphatic heterocycles. The lowest BCUT2D eigenvalue weighted by molar-refractivity contribution is -0.136. The van der Waals surface area contributed by atoms with Gasteiger partial charge in [0.1, 0.15) is 17.9 Å². The zero-order valence-corrected chi connectivity index (χ0v) is 19.1. The number of methoxy groups -OCH3 is 1. The fourth-order valence-electron chi connectivity index (χ4n) is 3.01. The Labute approximate surface area is 191 Å². The first-order chi connectivity index (χ1) is 15.5. The average molecular weight is 460 g/mol. The van der Waals surface area contributed by atoms with Gasteiger partial charge < -0.3 is 14.2 Å². The first kappa shape index (κ1) is 25.6. The quantitative estimate of drug-likeness (QED) is 0.285. The van der Waals surface area contributed by atoms with Crippen LogP contribution < -0.4 is 5.32 Å². The number of ether oxygens (including phenoxy) is 3. The van der Waals surface area contributed by atoms with Crippen molar-refractivity contribution in [3.63, 3.8) is 0 Å². The molecule has 1 aromatic rings. The summed E-state index contributed by atoms with van der Waals surface area (Å²) in [5.74, 6) is -2.95. The molecule has 1 unspecified atom stereocenters. The van der Waals surface area contributed by atoms with Crippen LogP contribution in [0.3, 0.4) is 0 Å². The molecule has 1 aromatic carbocycles. The van der Waals surface area contributed by atoms with E-state index in [0.717, 1.165) is 17.6 Å². The van der Waals surface area contributed by atoms with Crippen molar-refractivity contribution in [3.8, 4) is 0 Å². The number of hydrogen-bond acceptors (Lipinski definition) is 8. The van der Waals surface area contributed by atoms with E-state index in [1.807, 2.05) is 6.07 Å². The predicted molar refractivity (Wildman–Crippen MR) is 116 cm³/mol. The highest BCUT2D eigenvalue weighted by Gasteiger charge is 2.42. The number of alkyl carbamates (subject to hydrolysis) is 1. The topological polar surface area (TPSA) is 128 Å². The van der Waals surface area contributed by atoms with Gasteiger partial charge in [-0.3, -0.25) is 14.9 Å². The number of Topliss-reactive ketones (excluding diaryl/α,β-unsaturated/α-hetero) is 1. The van der Waals surface area contributed by atoms with E-state index in [0.29, 0.717) is 0 Å². The van der Waals surface area contributed by atoms with Gasteiger partial charge in [-0.2, -0.15) is 0 Å². The van der Waals surface area contributed by atoms with E-state index in [-0.39, 0.29) is 31.7 Å². The maximum Gasteiger partial charge on any atom is 0.417 e. The Hall–Kier alpha value is -3.69. The second-order valence-corrected chi connectivity index (χ2v) is 8.30. The number of esters is 1. The van der Waals surface area contributed by atoms with Crippen LogP contribution in [0.2, 0.25) is 0 Å². The Morgan fingerprint density at radius 1 is 1.15 bits per heavy atom. The number of carbonyl (C=O) groups is 5. The van der Waals surface area contributed by atoms with E-state index in [2.05, 4.69) is 10.1 Å². The molecule has 2 rings (SSSR count). The third-order valence-corrected chi connectivity index (χ3v) is 4.54. The number of carbonyl (C=O) groups excluding carboxylic acids is 5. The molecule has 1 fully saturated rings. The van der Waals surface area contributed by atoms with Crippen LogP contribution in [0.1, 0.15) is 39.2 Å². The van der Waals surface area contributed by atoms with Gasteiger partial charge in [0.15, 0.2) is 5.78 Å². The summed E-state index contributed by atoms with van der Waals surface area (Å²) in [6, 6.07) is 8.93. The van der Waals surface area contributed by atoms with Gasteiger partial charge in [-0.05, 0) is 39.2 Å². The maximum atomic E-state index is 12.6. The molecule has 0 radical (unpaired) electrons. The standard InChI is InChI=1S/C23H28N2O8/c1-23(2,3)33-21(29)24-17(20(28)31-4)12-8-11-16-18(26)13-25(19(16)27)22(30)32-14-15-9-6-5-7-10-15/h5-7,9-10,12,16H,8,11,13-14H2,1-4H3,(H,24,29). The number of benzene rings is 1. The first-order valence-electron chi connectivity index (χ1n) is 10.3. The number of hydrogen-bond donors (Lipinski definition) is 1. The fourth-order valence-corrected chi connectivity index (χ4v) is 3.01. The van der Waals surface area contributed by atoms with Crippen molar-refractivity contribution in [2.24, 2.45) is 5.92 Å².